The van der Waals surface area contributed by atoms with Crippen molar-refractivity contribution in [3.05, 3.63) is 48.3 Å². The topological polar surface area (TPSA) is 60.9 Å². The van der Waals surface area contributed by atoms with E-state index in [0.717, 1.165) is 31.4 Å². The van der Waals surface area contributed by atoms with Crippen molar-refractivity contribution in [2.75, 3.05) is 6.54 Å². The molecule has 1 aliphatic carbocycles. The van der Waals surface area contributed by atoms with Gasteiger partial charge in [0.1, 0.15) is 5.69 Å². The van der Waals surface area contributed by atoms with E-state index in [-0.39, 0.29) is 11.2 Å². The van der Waals surface area contributed by atoms with E-state index in [4.69, 9.17) is 5.73 Å². The van der Waals surface area contributed by atoms with Gasteiger partial charge in [0, 0.05) is 12.0 Å². The van der Waals surface area contributed by atoms with Gasteiger partial charge in [0.15, 0.2) is 5.78 Å². The van der Waals surface area contributed by atoms with Crippen molar-refractivity contribution in [2.24, 2.45) is 11.1 Å². The lowest BCUT2D eigenvalue weighted by molar-refractivity contribution is 0.0801. The van der Waals surface area contributed by atoms with Crippen LogP contribution in [0.15, 0.2) is 42.6 Å². The molecule has 0 amide bonds. The molecule has 4 nitrogen and oxygen atoms in total. The summed E-state index contributed by atoms with van der Waals surface area (Å²) in [6.07, 6.45) is 5.63. The zero-order valence-electron chi connectivity index (χ0n) is 11.5. The standard InChI is InChI=1S/C16H19N3O/c17-12-16(9-4-5-10-16)15(20)14-8-11-18-19(14)13-6-2-1-3-7-13/h1-3,6-8,11H,4-5,9-10,12,17H2. The van der Waals surface area contributed by atoms with Crippen LogP contribution in [0.4, 0.5) is 0 Å². The molecule has 20 heavy (non-hydrogen) atoms. The summed E-state index contributed by atoms with van der Waals surface area (Å²) < 4.78 is 1.72. The largest absolute Gasteiger partial charge is 0.329 e. The van der Waals surface area contributed by atoms with E-state index in [2.05, 4.69) is 5.10 Å². The van der Waals surface area contributed by atoms with E-state index < -0.39 is 0 Å². The summed E-state index contributed by atoms with van der Waals surface area (Å²) >= 11 is 0. The van der Waals surface area contributed by atoms with Crippen molar-refractivity contribution < 1.29 is 4.79 Å². The summed E-state index contributed by atoms with van der Waals surface area (Å²) in [7, 11) is 0. The van der Waals surface area contributed by atoms with Crippen molar-refractivity contribution in [2.45, 2.75) is 25.7 Å². The number of hydrogen-bond acceptors (Lipinski definition) is 3. The zero-order valence-corrected chi connectivity index (χ0v) is 11.5. The highest BCUT2D eigenvalue weighted by atomic mass is 16.1. The number of hydrogen-bond donors (Lipinski definition) is 1. The molecule has 0 spiro atoms. The van der Waals surface area contributed by atoms with Crippen LogP contribution in [-0.4, -0.2) is 22.1 Å². The zero-order chi connectivity index (χ0) is 14.0. The van der Waals surface area contributed by atoms with Gasteiger partial charge >= 0.3 is 0 Å². The molecule has 2 N–H and O–H groups in total. The third-order valence-electron chi connectivity index (χ3n) is 4.31. The average Bonchev–Trinajstić information content (AvgIpc) is 3.17. The maximum absolute atomic E-state index is 12.9. The van der Waals surface area contributed by atoms with Crippen molar-refractivity contribution >= 4 is 5.78 Å². The van der Waals surface area contributed by atoms with Crippen LogP contribution in [0.1, 0.15) is 36.2 Å². The van der Waals surface area contributed by atoms with Crippen molar-refractivity contribution in [3.63, 3.8) is 0 Å². The Labute approximate surface area is 118 Å². The summed E-state index contributed by atoms with van der Waals surface area (Å²) in [6, 6.07) is 11.5. The van der Waals surface area contributed by atoms with Crippen molar-refractivity contribution in [1.29, 1.82) is 0 Å². The number of carbonyl (C=O) groups excluding carboxylic acids is 1. The molecular formula is C16H19N3O. The minimum Gasteiger partial charge on any atom is -0.329 e. The monoisotopic (exact) mass is 269 g/mol. The predicted octanol–water partition coefficient (Wildman–Crippen LogP) is 2.57. The Bertz CT molecular complexity index is 597. The molecule has 0 bridgehead atoms. The first-order valence-electron chi connectivity index (χ1n) is 7.11. The van der Waals surface area contributed by atoms with Crippen LogP contribution in [0.3, 0.4) is 0 Å². The Morgan fingerprint density at radius 1 is 1.20 bits per heavy atom. The van der Waals surface area contributed by atoms with Crippen LogP contribution in [0.5, 0.6) is 0 Å². The number of aromatic nitrogens is 2. The van der Waals surface area contributed by atoms with Gasteiger partial charge < -0.3 is 5.73 Å². The number of carbonyl (C=O) groups is 1. The Morgan fingerprint density at radius 2 is 1.90 bits per heavy atom. The maximum Gasteiger partial charge on any atom is 0.188 e. The van der Waals surface area contributed by atoms with E-state index in [1.54, 1.807) is 16.9 Å². The Kier molecular flexibility index (Phi) is 3.40. The third kappa shape index (κ3) is 2.06. The molecule has 1 aromatic heterocycles. The maximum atomic E-state index is 12.9. The number of nitrogens with two attached hydrogens (primary N) is 1. The summed E-state index contributed by atoms with van der Waals surface area (Å²) in [5.74, 6) is 0.138. The molecule has 3 rings (SSSR count). The molecule has 0 aliphatic heterocycles. The fourth-order valence-electron chi connectivity index (χ4n) is 3.10. The molecule has 2 aromatic rings. The fourth-order valence-corrected chi connectivity index (χ4v) is 3.10. The van der Waals surface area contributed by atoms with Crippen molar-refractivity contribution in [3.8, 4) is 5.69 Å². The Hall–Kier alpha value is -1.94. The van der Waals surface area contributed by atoms with Gasteiger partial charge in [-0.1, -0.05) is 31.0 Å². The molecule has 0 unspecified atom stereocenters. The Balaban J connectivity index is 2.00. The lowest BCUT2D eigenvalue weighted by Crippen LogP contribution is -2.37. The van der Waals surface area contributed by atoms with Crippen LogP contribution in [0, 0.1) is 5.41 Å². The lowest BCUT2D eigenvalue weighted by atomic mass is 9.80. The molecule has 1 aliphatic rings. The smallest absolute Gasteiger partial charge is 0.188 e. The molecule has 1 aromatic carbocycles. The van der Waals surface area contributed by atoms with Gasteiger partial charge in [-0.05, 0) is 31.0 Å². The van der Waals surface area contributed by atoms with E-state index in [1.807, 2.05) is 30.3 Å². The van der Waals surface area contributed by atoms with E-state index in [0.29, 0.717) is 12.2 Å². The lowest BCUT2D eigenvalue weighted by Gasteiger charge is -2.25. The van der Waals surface area contributed by atoms with Gasteiger partial charge in [0.25, 0.3) is 0 Å². The van der Waals surface area contributed by atoms with E-state index >= 15 is 0 Å². The second kappa shape index (κ2) is 5.21. The third-order valence-corrected chi connectivity index (χ3v) is 4.31. The summed E-state index contributed by atoms with van der Waals surface area (Å²) in [4.78, 5) is 12.9. The Morgan fingerprint density at radius 3 is 2.55 bits per heavy atom. The molecule has 0 saturated heterocycles. The first kappa shape index (κ1) is 13.1. The highest BCUT2D eigenvalue weighted by molar-refractivity contribution is 6.00. The van der Waals surface area contributed by atoms with E-state index in [1.165, 1.54) is 0 Å². The number of nitrogens with zero attached hydrogens (tertiary/aromatic N) is 2. The van der Waals surface area contributed by atoms with Crippen LogP contribution in [0.25, 0.3) is 5.69 Å². The molecule has 0 atom stereocenters. The van der Waals surface area contributed by atoms with Gasteiger partial charge in [-0.2, -0.15) is 5.10 Å². The number of benzene rings is 1. The molecule has 1 saturated carbocycles. The number of rotatable bonds is 4. The number of ketones is 1. The summed E-state index contributed by atoms with van der Waals surface area (Å²) in [6.45, 7) is 0.422. The van der Waals surface area contributed by atoms with E-state index in [9.17, 15) is 4.79 Å². The fraction of sp³-hybridized carbons (Fsp3) is 0.375. The van der Waals surface area contributed by atoms with Gasteiger partial charge in [-0.3, -0.25) is 4.79 Å². The SMILES string of the molecule is NCC1(C(=O)c2ccnn2-c2ccccc2)CCCC1. The average molecular weight is 269 g/mol. The normalized spacial score (nSPS) is 17.2. The van der Waals surface area contributed by atoms with Gasteiger partial charge in [-0.25, -0.2) is 4.68 Å². The predicted molar refractivity (Wildman–Crippen MR) is 77.8 cm³/mol. The first-order chi connectivity index (χ1) is 9.77. The number of para-hydroxylation sites is 1. The number of Topliss-reactive ketones (excluding diaryl/α,β-unsaturated/α-hetero) is 1. The highest BCUT2D eigenvalue weighted by Crippen LogP contribution is 2.40. The molecule has 104 valence electrons. The minimum absolute atomic E-state index is 0.138. The molecule has 1 heterocycles. The highest BCUT2D eigenvalue weighted by Gasteiger charge is 2.41. The molecule has 4 heteroatoms. The second-order valence-electron chi connectivity index (χ2n) is 5.48. The van der Waals surface area contributed by atoms with Crippen molar-refractivity contribution in [1.82, 2.24) is 9.78 Å². The summed E-state index contributed by atoms with van der Waals surface area (Å²) in [5.41, 5.74) is 7.08. The van der Waals surface area contributed by atoms with Gasteiger partial charge in [-0.15, -0.1) is 0 Å². The van der Waals surface area contributed by atoms with Crippen LogP contribution in [0.2, 0.25) is 0 Å². The van der Waals surface area contributed by atoms with Crippen LogP contribution >= 0.6 is 0 Å². The van der Waals surface area contributed by atoms with Crippen LogP contribution < -0.4 is 5.73 Å². The molecular weight excluding hydrogens is 250 g/mol. The first-order valence-corrected chi connectivity index (χ1v) is 7.11. The van der Waals surface area contributed by atoms with Gasteiger partial charge in [0.2, 0.25) is 0 Å². The molecule has 0 radical (unpaired) electrons. The quantitative estimate of drug-likeness (QED) is 0.868. The summed E-state index contributed by atoms with van der Waals surface area (Å²) in [5, 5.41) is 4.30. The van der Waals surface area contributed by atoms with Crippen LogP contribution in [-0.2, 0) is 0 Å². The minimum atomic E-state index is -0.382. The molecule has 1 fully saturated rings. The second-order valence-corrected chi connectivity index (χ2v) is 5.48. The van der Waals surface area contributed by atoms with Gasteiger partial charge in [0.05, 0.1) is 11.9 Å².